The number of carboxylic acid groups (broad SMARTS) is 1. The Balaban J connectivity index is 2.65. The second-order valence-electron chi connectivity index (χ2n) is 3.16. The summed E-state index contributed by atoms with van der Waals surface area (Å²) in [6.07, 6.45) is -2.75. The highest BCUT2D eigenvalue weighted by atomic mass is 19.3. The van der Waals surface area contributed by atoms with Crippen LogP contribution in [0.5, 0.6) is 0 Å². The number of rotatable bonds is 3. The third-order valence-electron chi connectivity index (χ3n) is 2.24. The first-order valence-corrected chi connectivity index (χ1v) is 3.77. The van der Waals surface area contributed by atoms with E-state index >= 15 is 0 Å². The molecule has 5 heteroatoms. The molecule has 0 aromatic carbocycles. The van der Waals surface area contributed by atoms with Crippen LogP contribution in [0.25, 0.3) is 0 Å². The summed E-state index contributed by atoms with van der Waals surface area (Å²) in [5.74, 6) is -1.15. The molecular weight excluding hydrogens is 168 g/mol. The van der Waals surface area contributed by atoms with Crippen LogP contribution in [0, 0.1) is 5.41 Å². The average molecular weight is 179 g/mol. The van der Waals surface area contributed by atoms with Gasteiger partial charge in [-0.3, -0.25) is 4.79 Å². The maximum Gasteiger partial charge on any atom is 0.304 e. The van der Waals surface area contributed by atoms with E-state index in [4.69, 9.17) is 5.11 Å². The van der Waals surface area contributed by atoms with Crippen molar-refractivity contribution in [2.75, 3.05) is 13.1 Å². The van der Waals surface area contributed by atoms with Crippen LogP contribution in [-0.2, 0) is 4.79 Å². The summed E-state index contributed by atoms with van der Waals surface area (Å²) in [5.41, 5.74) is -1.33. The van der Waals surface area contributed by atoms with Crippen LogP contribution in [0.1, 0.15) is 12.8 Å². The van der Waals surface area contributed by atoms with Crippen molar-refractivity contribution in [3.05, 3.63) is 0 Å². The SMILES string of the molecule is O=C(O)CC1(C(F)F)CCNC1. The second-order valence-corrected chi connectivity index (χ2v) is 3.16. The van der Waals surface area contributed by atoms with Gasteiger partial charge in [0.25, 0.3) is 0 Å². The largest absolute Gasteiger partial charge is 0.481 e. The third-order valence-corrected chi connectivity index (χ3v) is 2.24. The summed E-state index contributed by atoms with van der Waals surface area (Å²) in [6.45, 7) is 0.592. The minimum Gasteiger partial charge on any atom is -0.481 e. The number of halogens is 2. The van der Waals surface area contributed by atoms with Gasteiger partial charge in [0.05, 0.1) is 11.8 Å². The number of hydrogen-bond acceptors (Lipinski definition) is 2. The Morgan fingerprint density at radius 1 is 1.67 bits per heavy atom. The molecule has 1 fully saturated rings. The Morgan fingerprint density at radius 3 is 2.67 bits per heavy atom. The number of aliphatic carboxylic acids is 1. The van der Waals surface area contributed by atoms with E-state index in [2.05, 4.69) is 5.32 Å². The van der Waals surface area contributed by atoms with Gasteiger partial charge in [-0.1, -0.05) is 0 Å². The lowest BCUT2D eigenvalue weighted by Crippen LogP contribution is -2.34. The molecule has 1 rings (SSSR count). The van der Waals surface area contributed by atoms with Gasteiger partial charge in [-0.2, -0.15) is 0 Å². The van der Waals surface area contributed by atoms with Crippen molar-refractivity contribution >= 4 is 5.97 Å². The van der Waals surface area contributed by atoms with Gasteiger partial charge in [0.1, 0.15) is 0 Å². The molecule has 0 amide bonds. The topological polar surface area (TPSA) is 49.3 Å². The van der Waals surface area contributed by atoms with Gasteiger partial charge < -0.3 is 10.4 Å². The lowest BCUT2D eigenvalue weighted by atomic mass is 9.84. The normalized spacial score (nSPS) is 29.6. The fourth-order valence-corrected chi connectivity index (χ4v) is 1.48. The molecule has 0 aliphatic carbocycles. The summed E-state index contributed by atoms with van der Waals surface area (Å²) in [7, 11) is 0. The molecule has 2 N–H and O–H groups in total. The second kappa shape index (κ2) is 3.35. The van der Waals surface area contributed by atoms with E-state index in [9.17, 15) is 13.6 Å². The van der Waals surface area contributed by atoms with Gasteiger partial charge in [-0.05, 0) is 13.0 Å². The maximum absolute atomic E-state index is 12.5. The fraction of sp³-hybridized carbons (Fsp3) is 0.857. The number of carbonyl (C=O) groups is 1. The third kappa shape index (κ3) is 1.72. The van der Waals surface area contributed by atoms with Crippen molar-refractivity contribution in [3.63, 3.8) is 0 Å². The van der Waals surface area contributed by atoms with Crippen molar-refractivity contribution in [1.29, 1.82) is 0 Å². The van der Waals surface area contributed by atoms with Gasteiger partial charge in [0.15, 0.2) is 0 Å². The zero-order valence-electron chi connectivity index (χ0n) is 6.52. The molecule has 0 spiro atoms. The summed E-state index contributed by atoms with van der Waals surface area (Å²) < 4.78 is 24.9. The first-order chi connectivity index (χ1) is 5.57. The van der Waals surface area contributed by atoms with Gasteiger partial charge in [0.2, 0.25) is 6.43 Å². The zero-order chi connectivity index (χ0) is 9.19. The van der Waals surface area contributed by atoms with E-state index in [0.29, 0.717) is 6.54 Å². The predicted molar refractivity (Wildman–Crippen MR) is 38.2 cm³/mol. The van der Waals surface area contributed by atoms with Crippen LogP contribution in [0.2, 0.25) is 0 Å². The van der Waals surface area contributed by atoms with E-state index in [-0.39, 0.29) is 13.0 Å². The van der Waals surface area contributed by atoms with E-state index in [1.165, 1.54) is 0 Å². The van der Waals surface area contributed by atoms with E-state index in [1.54, 1.807) is 0 Å². The highest BCUT2D eigenvalue weighted by Crippen LogP contribution is 2.36. The molecule has 0 saturated carbocycles. The molecule has 1 aliphatic heterocycles. The summed E-state index contributed by atoms with van der Waals surface area (Å²) in [5, 5.41) is 11.2. The first-order valence-electron chi connectivity index (χ1n) is 3.77. The summed E-state index contributed by atoms with van der Waals surface area (Å²) >= 11 is 0. The monoisotopic (exact) mass is 179 g/mol. The Kier molecular flexibility index (Phi) is 2.62. The standard InChI is InChI=1S/C7H11F2NO2/c8-6(9)7(3-5(11)12)1-2-10-4-7/h6,10H,1-4H2,(H,11,12). The first kappa shape index (κ1) is 9.38. The Bertz CT molecular complexity index is 178. The quantitative estimate of drug-likeness (QED) is 0.670. The molecule has 0 bridgehead atoms. The maximum atomic E-state index is 12.5. The fourth-order valence-electron chi connectivity index (χ4n) is 1.48. The summed E-state index contributed by atoms with van der Waals surface area (Å²) in [4.78, 5) is 10.3. The van der Waals surface area contributed by atoms with Crippen LogP contribution in [0.15, 0.2) is 0 Å². The molecular formula is C7H11F2NO2. The van der Waals surface area contributed by atoms with Gasteiger partial charge in [-0.15, -0.1) is 0 Å². The molecule has 1 atom stereocenters. The van der Waals surface area contributed by atoms with E-state index in [1.807, 2.05) is 0 Å². The number of hydrogen-bond donors (Lipinski definition) is 2. The Hall–Kier alpha value is -0.710. The van der Waals surface area contributed by atoms with Gasteiger partial charge in [-0.25, -0.2) is 8.78 Å². The molecule has 1 heterocycles. The smallest absolute Gasteiger partial charge is 0.304 e. The molecule has 0 radical (unpaired) electrons. The van der Waals surface area contributed by atoms with Crippen LogP contribution < -0.4 is 5.32 Å². The molecule has 1 saturated heterocycles. The van der Waals surface area contributed by atoms with Crippen molar-refractivity contribution in [1.82, 2.24) is 5.32 Å². The Morgan fingerprint density at radius 2 is 2.33 bits per heavy atom. The molecule has 70 valence electrons. The lowest BCUT2D eigenvalue weighted by Gasteiger charge is -2.24. The van der Waals surface area contributed by atoms with Crippen molar-refractivity contribution in [3.8, 4) is 0 Å². The molecule has 3 nitrogen and oxygen atoms in total. The summed E-state index contributed by atoms with van der Waals surface area (Å²) in [6, 6.07) is 0. The van der Waals surface area contributed by atoms with Crippen LogP contribution in [-0.4, -0.2) is 30.6 Å². The van der Waals surface area contributed by atoms with Crippen LogP contribution in [0.4, 0.5) is 8.78 Å². The molecule has 0 aromatic heterocycles. The van der Waals surface area contributed by atoms with Crippen molar-refractivity contribution in [2.24, 2.45) is 5.41 Å². The van der Waals surface area contributed by atoms with Gasteiger partial charge in [0, 0.05) is 6.54 Å². The van der Waals surface area contributed by atoms with Crippen LogP contribution in [0.3, 0.4) is 0 Å². The van der Waals surface area contributed by atoms with E-state index < -0.39 is 24.2 Å². The predicted octanol–water partition coefficient (Wildman–Crippen LogP) is 0.706. The number of alkyl halides is 2. The van der Waals surface area contributed by atoms with E-state index in [0.717, 1.165) is 0 Å². The van der Waals surface area contributed by atoms with Gasteiger partial charge >= 0.3 is 5.97 Å². The van der Waals surface area contributed by atoms with Crippen molar-refractivity contribution < 1.29 is 18.7 Å². The minimum atomic E-state index is -2.55. The number of carboxylic acids is 1. The lowest BCUT2D eigenvalue weighted by molar-refractivity contribution is -0.142. The highest BCUT2D eigenvalue weighted by Gasteiger charge is 2.44. The molecule has 1 unspecified atom stereocenters. The zero-order valence-corrected chi connectivity index (χ0v) is 6.52. The Labute approximate surface area is 68.8 Å². The highest BCUT2D eigenvalue weighted by molar-refractivity contribution is 5.68. The molecule has 0 aromatic rings. The minimum absolute atomic E-state index is 0.108. The van der Waals surface area contributed by atoms with Crippen molar-refractivity contribution in [2.45, 2.75) is 19.3 Å². The number of nitrogens with one attached hydrogen (secondary N) is 1. The average Bonchev–Trinajstić information content (AvgIpc) is 2.35. The molecule has 1 aliphatic rings. The van der Waals surface area contributed by atoms with Crippen LogP contribution >= 0.6 is 0 Å². The molecule has 12 heavy (non-hydrogen) atoms.